The van der Waals surface area contributed by atoms with Gasteiger partial charge < -0.3 is 33.7 Å². The Balaban J connectivity index is 2.24. The van der Waals surface area contributed by atoms with E-state index in [1.54, 1.807) is 44.6 Å². The van der Waals surface area contributed by atoms with E-state index in [2.05, 4.69) is 0 Å². The van der Waals surface area contributed by atoms with E-state index in [0.29, 0.717) is 47.2 Å². The van der Waals surface area contributed by atoms with Crippen LogP contribution in [0.5, 0.6) is 23.0 Å². The molecule has 9 nitrogen and oxygen atoms in total. The molecule has 0 radical (unpaired) electrons. The molecule has 2 aromatic rings. The Morgan fingerprint density at radius 3 is 2.06 bits per heavy atom. The van der Waals surface area contributed by atoms with Crippen LogP contribution < -0.4 is 18.9 Å². The molecule has 1 fully saturated rings. The number of rotatable bonds is 10. The van der Waals surface area contributed by atoms with Crippen molar-refractivity contribution in [2.75, 3.05) is 48.7 Å². The number of carbonyl (C=O) groups excluding carboxylic acids is 2. The number of nitrogens with zero attached hydrogens (tertiary/aromatic N) is 1. The molecule has 1 N–H and O–H groups in total. The minimum Gasteiger partial charge on any atom is -0.507 e. The maximum atomic E-state index is 13.2. The number of ketones is 1. The fraction of sp³-hybridized carbons (Fsp3) is 0.385. The van der Waals surface area contributed by atoms with Crippen molar-refractivity contribution in [2.24, 2.45) is 0 Å². The number of amides is 1. The van der Waals surface area contributed by atoms with Gasteiger partial charge in [-0.05, 0) is 54.8 Å². The highest BCUT2D eigenvalue weighted by molar-refractivity contribution is 6.46. The summed E-state index contributed by atoms with van der Waals surface area (Å²) in [6.45, 7) is 2.48. The van der Waals surface area contributed by atoms with Crippen molar-refractivity contribution in [2.45, 2.75) is 19.4 Å². The summed E-state index contributed by atoms with van der Waals surface area (Å²) in [5, 5.41) is 11.3. The van der Waals surface area contributed by atoms with E-state index >= 15 is 0 Å². The predicted molar refractivity (Wildman–Crippen MR) is 129 cm³/mol. The van der Waals surface area contributed by atoms with E-state index in [1.165, 1.54) is 26.2 Å². The van der Waals surface area contributed by atoms with E-state index in [1.807, 2.05) is 6.92 Å². The standard InChI is InChI=1S/C26H31NO8/c1-15-12-16(8-9-18(15)32-3)23(28)21-22(27(10-7-11-31-2)26(30)24(21)29)17-13-19(33-4)25(35-6)20(14-17)34-5/h8-9,12-14,22,28H,7,10-11H2,1-6H3. The third-order valence-electron chi connectivity index (χ3n) is 5.96. The van der Waals surface area contributed by atoms with Crippen LogP contribution in [-0.4, -0.2) is 70.4 Å². The van der Waals surface area contributed by atoms with Gasteiger partial charge in [-0.25, -0.2) is 0 Å². The van der Waals surface area contributed by atoms with Gasteiger partial charge in [-0.2, -0.15) is 0 Å². The molecule has 3 rings (SSSR count). The summed E-state index contributed by atoms with van der Waals surface area (Å²) < 4.78 is 26.8. The zero-order valence-electron chi connectivity index (χ0n) is 20.8. The molecule has 0 bridgehead atoms. The van der Waals surface area contributed by atoms with Crippen LogP contribution in [0.25, 0.3) is 5.76 Å². The van der Waals surface area contributed by atoms with Crippen LogP contribution >= 0.6 is 0 Å². The second-order valence-corrected chi connectivity index (χ2v) is 7.98. The molecule has 35 heavy (non-hydrogen) atoms. The first-order valence-corrected chi connectivity index (χ1v) is 11.0. The first-order valence-electron chi connectivity index (χ1n) is 11.0. The van der Waals surface area contributed by atoms with Gasteiger partial charge in [0.15, 0.2) is 11.5 Å². The Morgan fingerprint density at radius 2 is 1.54 bits per heavy atom. The summed E-state index contributed by atoms with van der Waals surface area (Å²) in [6, 6.07) is 7.53. The molecule has 1 aliphatic heterocycles. The largest absolute Gasteiger partial charge is 0.507 e. The molecule has 1 atom stereocenters. The predicted octanol–water partition coefficient (Wildman–Crippen LogP) is 3.49. The maximum Gasteiger partial charge on any atom is 0.295 e. The van der Waals surface area contributed by atoms with Crippen molar-refractivity contribution in [1.82, 2.24) is 4.90 Å². The van der Waals surface area contributed by atoms with Crippen LogP contribution in [0.1, 0.15) is 29.2 Å². The molecule has 0 saturated carbocycles. The number of hydrogen-bond acceptors (Lipinski definition) is 8. The van der Waals surface area contributed by atoms with Crippen molar-refractivity contribution in [3.05, 3.63) is 52.6 Å². The van der Waals surface area contributed by atoms with Gasteiger partial charge in [-0.3, -0.25) is 9.59 Å². The molecule has 1 aliphatic rings. The van der Waals surface area contributed by atoms with Gasteiger partial charge in [0.1, 0.15) is 11.5 Å². The van der Waals surface area contributed by atoms with Gasteiger partial charge >= 0.3 is 0 Å². The zero-order chi connectivity index (χ0) is 25.7. The summed E-state index contributed by atoms with van der Waals surface area (Å²) in [5.74, 6) is -0.00118. The first-order chi connectivity index (χ1) is 16.8. The molecule has 1 heterocycles. The molecule has 9 heteroatoms. The molecular weight excluding hydrogens is 454 g/mol. The summed E-state index contributed by atoms with van der Waals surface area (Å²) in [6.07, 6.45) is 0.506. The minimum atomic E-state index is -0.872. The van der Waals surface area contributed by atoms with Crippen LogP contribution in [0.3, 0.4) is 0 Å². The SMILES string of the molecule is COCCCN1C(=O)C(=O)C(=C(O)c2ccc(OC)c(C)c2)C1c1cc(OC)c(OC)c(OC)c1. The van der Waals surface area contributed by atoms with Gasteiger partial charge in [0.2, 0.25) is 5.75 Å². The van der Waals surface area contributed by atoms with E-state index in [4.69, 9.17) is 23.7 Å². The first kappa shape index (κ1) is 25.9. The molecule has 1 unspecified atom stereocenters. The summed E-state index contributed by atoms with van der Waals surface area (Å²) in [5.41, 5.74) is 1.68. The highest BCUT2D eigenvalue weighted by Gasteiger charge is 2.46. The van der Waals surface area contributed by atoms with Crippen LogP contribution in [0.2, 0.25) is 0 Å². The second-order valence-electron chi connectivity index (χ2n) is 7.98. The van der Waals surface area contributed by atoms with Gasteiger partial charge in [-0.15, -0.1) is 0 Å². The van der Waals surface area contributed by atoms with Crippen LogP contribution in [-0.2, 0) is 14.3 Å². The third kappa shape index (κ3) is 4.90. The number of methoxy groups -OCH3 is 5. The lowest BCUT2D eigenvalue weighted by Gasteiger charge is -2.26. The lowest BCUT2D eigenvalue weighted by Crippen LogP contribution is -2.31. The van der Waals surface area contributed by atoms with E-state index < -0.39 is 17.7 Å². The van der Waals surface area contributed by atoms with E-state index in [0.717, 1.165) is 5.56 Å². The smallest absolute Gasteiger partial charge is 0.295 e. The molecule has 0 aromatic heterocycles. The van der Waals surface area contributed by atoms with Crippen molar-refractivity contribution in [3.8, 4) is 23.0 Å². The van der Waals surface area contributed by atoms with Crippen LogP contribution in [0.4, 0.5) is 0 Å². The normalized spacial score (nSPS) is 17.0. The molecule has 1 saturated heterocycles. The molecular formula is C26H31NO8. The fourth-order valence-electron chi connectivity index (χ4n) is 4.28. The Kier molecular flexibility index (Phi) is 8.24. The highest BCUT2D eigenvalue weighted by Crippen LogP contribution is 2.45. The number of carbonyl (C=O) groups is 2. The molecule has 2 aromatic carbocycles. The Labute approximate surface area is 204 Å². The van der Waals surface area contributed by atoms with Gasteiger partial charge in [0.05, 0.1) is 40.1 Å². The third-order valence-corrected chi connectivity index (χ3v) is 5.96. The van der Waals surface area contributed by atoms with Crippen molar-refractivity contribution in [1.29, 1.82) is 0 Å². The summed E-state index contributed by atoms with van der Waals surface area (Å²) in [7, 11) is 7.57. The summed E-state index contributed by atoms with van der Waals surface area (Å²) in [4.78, 5) is 27.8. The lowest BCUT2D eigenvalue weighted by atomic mass is 9.94. The number of hydrogen-bond donors (Lipinski definition) is 1. The quantitative estimate of drug-likeness (QED) is 0.236. The van der Waals surface area contributed by atoms with Crippen LogP contribution in [0.15, 0.2) is 35.9 Å². The zero-order valence-corrected chi connectivity index (χ0v) is 20.8. The number of aryl methyl sites for hydroxylation is 1. The van der Waals surface area contributed by atoms with E-state index in [9.17, 15) is 14.7 Å². The molecule has 188 valence electrons. The van der Waals surface area contributed by atoms with Gasteiger partial charge in [0.25, 0.3) is 11.7 Å². The number of ether oxygens (including phenoxy) is 5. The van der Waals surface area contributed by atoms with Crippen molar-refractivity contribution < 1.29 is 38.4 Å². The number of benzene rings is 2. The molecule has 0 aliphatic carbocycles. The maximum absolute atomic E-state index is 13.2. The number of aliphatic hydroxyl groups is 1. The van der Waals surface area contributed by atoms with Gasteiger partial charge in [0, 0.05) is 25.8 Å². The molecule has 1 amide bonds. The van der Waals surface area contributed by atoms with Crippen molar-refractivity contribution >= 4 is 17.4 Å². The second kappa shape index (κ2) is 11.1. The van der Waals surface area contributed by atoms with E-state index in [-0.39, 0.29) is 17.9 Å². The Hall–Kier alpha value is -3.72. The fourth-order valence-corrected chi connectivity index (χ4v) is 4.28. The van der Waals surface area contributed by atoms with Gasteiger partial charge in [-0.1, -0.05) is 0 Å². The number of Topliss-reactive ketones (excluding diaryl/α,β-unsaturated/α-hetero) is 1. The number of aliphatic hydroxyl groups excluding tert-OH is 1. The lowest BCUT2D eigenvalue weighted by molar-refractivity contribution is -0.140. The topological polar surface area (TPSA) is 104 Å². The average Bonchev–Trinajstić information content (AvgIpc) is 3.12. The van der Waals surface area contributed by atoms with Crippen molar-refractivity contribution in [3.63, 3.8) is 0 Å². The van der Waals surface area contributed by atoms with Crippen LogP contribution in [0, 0.1) is 6.92 Å². The Morgan fingerprint density at radius 1 is 0.914 bits per heavy atom. The monoisotopic (exact) mass is 485 g/mol. The highest BCUT2D eigenvalue weighted by atomic mass is 16.5. The molecule has 0 spiro atoms. The Bertz CT molecular complexity index is 1120. The average molecular weight is 486 g/mol. The summed E-state index contributed by atoms with van der Waals surface area (Å²) >= 11 is 0. The number of likely N-dealkylation sites (tertiary alicyclic amines) is 1. The minimum absolute atomic E-state index is 0.0220.